The summed E-state index contributed by atoms with van der Waals surface area (Å²) in [5.41, 5.74) is 2.03. The Balaban J connectivity index is 0. The number of hydrogen-bond acceptors (Lipinski definition) is 4. The van der Waals surface area contributed by atoms with Crippen molar-refractivity contribution in [2.45, 2.75) is 20.3 Å². The number of ether oxygens (including phenoxy) is 2. The van der Waals surface area contributed by atoms with Gasteiger partial charge in [0.15, 0.2) is 0 Å². The van der Waals surface area contributed by atoms with Crippen molar-refractivity contribution in [3.8, 4) is 0 Å². The average molecular weight is 410 g/mol. The number of carbonyl (C=O) groups excluding carboxylic acids is 2. The largest absolute Gasteiger partial charge is 1.00 e. The molecule has 0 fully saturated rings. The summed E-state index contributed by atoms with van der Waals surface area (Å²) in [5, 5.41) is 0. The molecule has 0 radical (unpaired) electrons. The van der Waals surface area contributed by atoms with Crippen LogP contribution in [0.5, 0.6) is 0 Å². The molecule has 0 aromatic heterocycles. The zero-order chi connectivity index (χ0) is 20.9. The number of benzene rings is 1. The summed E-state index contributed by atoms with van der Waals surface area (Å²) in [4.78, 5) is 21.7. The number of likely N-dealkylation sites (N-methyl/N-ethyl adjacent to an activating group) is 1. The molecular weight excluding hydrogens is 378 g/mol. The first kappa shape index (κ1) is 27.8. The van der Waals surface area contributed by atoms with Gasteiger partial charge < -0.3 is 26.4 Å². The molecule has 0 bridgehead atoms. The van der Waals surface area contributed by atoms with Crippen LogP contribution in [0.2, 0.25) is 0 Å². The third kappa shape index (κ3) is 13.8. The van der Waals surface area contributed by atoms with Gasteiger partial charge in [-0.1, -0.05) is 43.5 Å². The summed E-state index contributed by atoms with van der Waals surface area (Å²) in [6, 6.07) is 10.6. The van der Waals surface area contributed by atoms with Gasteiger partial charge in [-0.3, -0.25) is 0 Å². The Morgan fingerprint density at radius 2 is 1.39 bits per heavy atom. The van der Waals surface area contributed by atoms with E-state index in [1.54, 1.807) is 13.8 Å². The number of rotatable bonds is 9. The molecule has 6 heteroatoms. The van der Waals surface area contributed by atoms with Gasteiger partial charge in [-0.2, -0.15) is 0 Å². The fourth-order valence-electron chi connectivity index (χ4n) is 1.67. The van der Waals surface area contributed by atoms with Crippen molar-refractivity contribution in [1.82, 2.24) is 0 Å². The first-order valence-corrected chi connectivity index (χ1v) is 8.74. The Kier molecular flexibility index (Phi) is 14.6. The van der Waals surface area contributed by atoms with E-state index in [1.807, 2.05) is 6.20 Å². The quantitative estimate of drug-likeness (QED) is 0.260. The number of nitrogens with zero attached hydrogens (tertiary/aromatic N) is 1. The van der Waals surface area contributed by atoms with E-state index in [9.17, 15) is 9.59 Å². The van der Waals surface area contributed by atoms with Crippen LogP contribution in [0.1, 0.15) is 19.4 Å². The lowest BCUT2D eigenvalue weighted by molar-refractivity contribution is -0.838. The SMILES string of the molecule is C=C(C)C(=O)OCCOC(=O)C(=C)C.C=C[N+](C)(C)CCc1ccccc1.[Cl-]. The Morgan fingerprint density at radius 3 is 1.75 bits per heavy atom. The van der Waals surface area contributed by atoms with Gasteiger partial charge in [-0.05, 0) is 26.0 Å². The van der Waals surface area contributed by atoms with Crippen LogP contribution in [0.15, 0.2) is 67.4 Å². The molecule has 0 amide bonds. The standard InChI is InChI=1S/C12H18N.C10H14O4.ClH/c1-4-13(2,3)11-10-12-8-6-5-7-9-12;1-7(2)9(11)13-5-6-14-10(12)8(3)4;/h4-9H,1,10-11H2,2-3H3;1,3,5-6H2,2,4H3;1H/q+1;;/p-1. The topological polar surface area (TPSA) is 52.6 Å². The summed E-state index contributed by atoms with van der Waals surface area (Å²) >= 11 is 0. The summed E-state index contributed by atoms with van der Waals surface area (Å²) < 4.78 is 10.2. The van der Waals surface area contributed by atoms with Gasteiger partial charge in [-0.25, -0.2) is 9.59 Å². The number of halogens is 1. The normalized spacial score (nSPS) is 9.71. The van der Waals surface area contributed by atoms with Crippen molar-refractivity contribution in [3.05, 3.63) is 73.0 Å². The average Bonchev–Trinajstić information content (AvgIpc) is 2.64. The molecule has 1 aromatic carbocycles. The molecule has 0 heterocycles. The van der Waals surface area contributed by atoms with Crippen LogP contribution in [0.25, 0.3) is 0 Å². The van der Waals surface area contributed by atoms with E-state index in [1.165, 1.54) is 5.56 Å². The molecule has 0 atom stereocenters. The third-order valence-electron chi connectivity index (χ3n) is 3.56. The molecule has 0 aliphatic rings. The van der Waals surface area contributed by atoms with Gasteiger partial charge in [0.05, 0.1) is 26.8 Å². The molecule has 0 aliphatic heterocycles. The first-order valence-electron chi connectivity index (χ1n) is 8.74. The number of esters is 2. The van der Waals surface area contributed by atoms with E-state index in [0.717, 1.165) is 17.4 Å². The Morgan fingerprint density at radius 1 is 0.964 bits per heavy atom. The lowest BCUT2D eigenvalue weighted by atomic mass is 10.1. The number of carbonyl (C=O) groups is 2. The van der Waals surface area contributed by atoms with Crippen LogP contribution in [-0.4, -0.2) is 50.3 Å². The molecule has 156 valence electrons. The van der Waals surface area contributed by atoms with E-state index in [-0.39, 0.29) is 25.6 Å². The summed E-state index contributed by atoms with van der Waals surface area (Å²) in [5.74, 6) is -0.979. The van der Waals surface area contributed by atoms with Gasteiger partial charge in [0.2, 0.25) is 0 Å². The lowest BCUT2D eigenvalue weighted by Gasteiger charge is -2.24. The Bertz CT molecular complexity index is 626. The van der Waals surface area contributed by atoms with Crippen LogP contribution >= 0.6 is 0 Å². The molecule has 1 aromatic rings. The molecule has 0 saturated heterocycles. The van der Waals surface area contributed by atoms with E-state index in [0.29, 0.717) is 11.1 Å². The molecular formula is C22H32ClNO4. The van der Waals surface area contributed by atoms with Crippen LogP contribution in [0.3, 0.4) is 0 Å². The summed E-state index contributed by atoms with van der Waals surface area (Å²) in [6.07, 6.45) is 3.09. The highest BCUT2D eigenvalue weighted by molar-refractivity contribution is 5.87. The van der Waals surface area contributed by atoms with E-state index in [2.05, 4.69) is 73.6 Å². The van der Waals surface area contributed by atoms with Crippen molar-refractivity contribution in [1.29, 1.82) is 0 Å². The van der Waals surface area contributed by atoms with Crippen LogP contribution in [-0.2, 0) is 25.5 Å². The fraction of sp³-hybridized carbons (Fsp3) is 0.364. The van der Waals surface area contributed by atoms with Gasteiger partial charge >= 0.3 is 11.9 Å². The first-order chi connectivity index (χ1) is 12.6. The molecule has 0 unspecified atom stereocenters. The highest BCUT2D eigenvalue weighted by Crippen LogP contribution is 2.04. The predicted molar refractivity (Wildman–Crippen MR) is 109 cm³/mol. The zero-order valence-electron chi connectivity index (χ0n) is 17.4. The van der Waals surface area contributed by atoms with Gasteiger partial charge in [0.25, 0.3) is 0 Å². The Labute approximate surface area is 175 Å². The van der Waals surface area contributed by atoms with Crippen LogP contribution < -0.4 is 12.4 Å². The fourth-order valence-corrected chi connectivity index (χ4v) is 1.67. The van der Waals surface area contributed by atoms with Crippen molar-refractivity contribution >= 4 is 11.9 Å². The van der Waals surface area contributed by atoms with Crippen LogP contribution in [0, 0.1) is 0 Å². The Hall–Kier alpha value is -2.37. The highest BCUT2D eigenvalue weighted by Gasteiger charge is 2.09. The minimum atomic E-state index is -0.489. The second-order valence-corrected chi connectivity index (χ2v) is 6.75. The smallest absolute Gasteiger partial charge is 0.333 e. The number of quaternary nitrogens is 1. The second kappa shape index (κ2) is 14.7. The van der Waals surface area contributed by atoms with E-state index < -0.39 is 11.9 Å². The predicted octanol–water partition coefficient (Wildman–Crippen LogP) is 0.678. The highest BCUT2D eigenvalue weighted by atomic mass is 35.5. The van der Waals surface area contributed by atoms with Gasteiger partial charge in [0, 0.05) is 17.6 Å². The molecule has 0 spiro atoms. The zero-order valence-corrected chi connectivity index (χ0v) is 18.1. The van der Waals surface area contributed by atoms with Crippen molar-refractivity contribution in [3.63, 3.8) is 0 Å². The minimum Gasteiger partial charge on any atom is -1.00 e. The summed E-state index contributed by atoms with van der Waals surface area (Å²) in [7, 11) is 4.33. The third-order valence-corrected chi connectivity index (χ3v) is 3.56. The molecule has 28 heavy (non-hydrogen) atoms. The van der Waals surface area contributed by atoms with Crippen molar-refractivity contribution in [2.75, 3.05) is 33.9 Å². The molecule has 0 saturated carbocycles. The molecule has 0 aliphatic carbocycles. The van der Waals surface area contributed by atoms with E-state index in [4.69, 9.17) is 0 Å². The molecule has 1 rings (SSSR count). The minimum absolute atomic E-state index is 0. The van der Waals surface area contributed by atoms with Gasteiger partial charge in [-0.15, -0.1) is 0 Å². The van der Waals surface area contributed by atoms with E-state index >= 15 is 0 Å². The lowest BCUT2D eigenvalue weighted by Crippen LogP contribution is -3.00. The monoisotopic (exact) mass is 409 g/mol. The maximum Gasteiger partial charge on any atom is 0.333 e. The summed E-state index contributed by atoms with van der Waals surface area (Å²) in [6.45, 7) is 14.9. The van der Waals surface area contributed by atoms with Crippen molar-refractivity contribution < 1.29 is 36.0 Å². The maximum absolute atomic E-state index is 10.8. The maximum atomic E-state index is 10.8. The molecule has 0 N–H and O–H groups in total. The van der Waals surface area contributed by atoms with Crippen LogP contribution in [0.4, 0.5) is 0 Å². The second-order valence-electron chi connectivity index (χ2n) is 6.75. The number of hydrogen-bond donors (Lipinski definition) is 0. The van der Waals surface area contributed by atoms with Gasteiger partial charge in [0.1, 0.15) is 13.2 Å². The molecule has 5 nitrogen and oxygen atoms in total. The van der Waals surface area contributed by atoms with Crippen molar-refractivity contribution in [2.24, 2.45) is 0 Å².